The van der Waals surface area contributed by atoms with Crippen LogP contribution >= 0.6 is 0 Å². The minimum absolute atomic E-state index is 0.522. The van der Waals surface area contributed by atoms with Gasteiger partial charge in [-0.3, -0.25) is 0 Å². The van der Waals surface area contributed by atoms with Gasteiger partial charge in [0.2, 0.25) is 0 Å². The molecule has 0 aromatic heterocycles. The van der Waals surface area contributed by atoms with Crippen molar-refractivity contribution in [1.29, 1.82) is 0 Å². The Bertz CT molecular complexity index is 180. The van der Waals surface area contributed by atoms with Crippen molar-refractivity contribution < 1.29 is 4.84 Å². The molecule has 1 aliphatic carbocycles. The van der Waals surface area contributed by atoms with Gasteiger partial charge in [0.15, 0.2) is 0 Å². The van der Waals surface area contributed by atoms with Crippen LogP contribution in [-0.2, 0) is 4.84 Å². The SMILES string of the molecule is NOCC1=CC=CC=CC1. The molecule has 0 aliphatic heterocycles. The average molecular weight is 137 g/mol. The van der Waals surface area contributed by atoms with E-state index in [2.05, 4.69) is 10.9 Å². The van der Waals surface area contributed by atoms with Crippen LogP contribution in [0.25, 0.3) is 0 Å². The standard InChI is InChI=1S/C8H11NO/c9-10-7-8-5-3-1-2-4-6-8/h1-5H,6-7,9H2. The van der Waals surface area contributed by atoms with Gasteiger partial charge in [0.25, 0.3) is 0 Å². The Kier molecular flexibility index (Phi) is 2.93. The number of allylic oxidation sites excluding steroid dienone is 5. The molecule has 0 atom stereocenters. The molecule has 0 heterocycles. The maximum absolute atomic E-state index is 4.92. The van der Waals surface area contributed by atoms with Crippen LogP contribution in [0.15, 0.2) is 36.0 Å². The van der Waals surface area contributed by atoms with E-state index in [1.165, 1.54) is 5.57 Å². The summed E-state index contributed by atoms with van der Waals surface area (Å²) in [5.74, 6) is 4.92. The smallest absolute Gasteiger partial charge is 0.0896 e. The summed E-state index contributed by atoms with van der Waals surface area (Å²) in [6.07, 6.45) is 11.0. The van der Waals surface area contributed by atoms with E-state index in [0.29, 0.717) is 6.61 Å². The predicted octanol–water partition coefficient (Wildman–Crippen LogP) is 1.32. The normalized spacial score (nSPS) is 16.7. The summed E-state index contributed by atoms with van der Waals surface area (Å²) in [4.78, 5) is 4.50. The first kappa shape index (κ1) is 7.25. The van der Waals surface area contributed by atoms with Crippen LogP contribution in [0.2, 0.25) is 0 Å². The lowest BCUT2D eigenvalue weighted by Gasteiger charge is -1.98. The number of hydrogen-bond donors (Lipinski definition) is 1. The monoisotopic (exact) mass is 137 g/mol. The molecule has 2 N–H and O–H groups in total. The highest BCUT2D eigenvalue weighted by molar-refractivity contribution is 5.23. The molecule has 0 radical (unpaired) electrons. The van der Waals surface area contributed by atoms with Gasteiger partial charge in [-0.1, -0.05) is 30.4 Å². The van der Waals surface area contributed by atoms with Gasteiger partial charge in [-0.2, -0.15) is 0 Å². The van der Waals surface area contributed by atoms with Gasteiger partial charge >= 0.3 is 0 Å². The Balaban J connectivity index is 2.50. The molecule has 0 spiro atoms. The molecule has 0 amide bonds. The second kappa shape index (κ2) is 4.04. The summed E-state index contributed by atoms with van der Waals surface area (Å²) in [5, 5.41) is 0. The van der Waals surface area contributed by atoms with Crippen molar-refractivity contribution in [3.8, 4) is 0 Å². The summed E-state index contributed by atoms with van der Waals surface area (Å²) in [5.41, 5.74) is 1.20. The number of nitrogens with two attached hydrogens (primary N) is 1. The maximum Gasteiger partial charge on any atom is 0.0896 e. The van der Waals surface area contributed by atoms with Gasteiger partial charge in [0.05, 0.1) is 6.61 Å². The van der Waals surface area contributed by atoms with Crippen molar-refractivity contribution in [2.45, 2.75) is 6.42 Å². The summed E-state index contributed by atoms with van der Waals surface area (Å²) in [6.45, 7) is 0.522. The van der Waals surface area contributed by atoms with Crippen molar-refractivity contribution in [1.82, 2.24) is 0 Å². The van der Waals surface area contributed by atoms with Crippen LogP contribution in [0.3, 0.4) is 0 Å². The fourth-order valence-electron chi connectivity index (χ4n) is 0.836. The van der Waals surface area contributed by atoms with Crippen molar-refractivity contribution in [3.05, 3.63) is 36.0 Å². The summed E-state index contributed by atoms with van der Waals surface area (Å²) < 4.78 is 0. The molecule has 0 saturated carbocycles. The molecule has 0 saturated heterocycles. The lowest BCUT2D eigenvalue weighted by molar-refractivity contribution is 0.160. The Hall–Kier alpha value is -0.860. The minimum Gasteiger partial charge on any atom is -0.300 e. The largest absolute Gasteiger partial charge is 0.300 e. The maximum atomic E-state index is 4.92. The third-order valence-electron chi connectivity index (χ3n) is 1.34. The predicted molar refractivity (Wildman–Crippen MR) is 41.1 cm³/mol. The minimum atomic E-state index is 0.522. The summed E-state index contributed by atoms with van der Waals surface area (Å²) in [6, 6.07) is 0. The zero-order valence-corrected chi connectivity index (χ0v) is 5.79. The van der Waals surface area contributed by atoms with Crippen molar-refractivity contribution in [3.63, 3.8) is 0 Å². The van der Waals surface area contributed by atoms with Crippen LogP contribution in [-0.4, -0.2) is 6.61 Å². The van der Waals surface area contributed by atoms with E-state index < -0.39 is 0 Å². The van der Waals surface area contributed by atoms with E-state index in [0.717, 1.165) is 6.42 Å². The Morgan fingerprint density at radius 3 is 3.10 bits per heavy atom. The van der Waals surface area contributed by atoms with Gasteiger partial charge < -0.3 is 4.84 Å². The molecular formula is C8H11NO. The van der Waals surface area contributed by atoms with Crippen molar-refractivity contribution >= 4 is 0 Å². The molecule has 1 rings (SSSR count). The van der Waals surface area contributed by atoms with Gasteiger partial charge in [-0.05, 0) is 12.0 Å². The van der Waals surface area contributed by atoms with Gasteiger partial charge in [-0.15, -0.1) is 0 Å². The fraction of sp³-hybridized carbons (Fsp3) is 0.250. The van der Waals surface area contributed by atoms with E-state index in [4.69, 9.17) is 5.90 Å². The lowest BCUT2D eigenvalue weighted by Crippen LogP contribution is -2.02. The highest BCUT2D eigenvalue weighted by Crippen LogP contribution is 2.05. The second-order valence-corrected chi connectivity index (χ2v) is 2.15. The quantitative estimate of drug-likeness (QED) is 0.582. The molecule has 0 bridgehead atoms. The summed E-state index contributed by atoms with van der Waals surface area (Å²) in [7, 11) is 0. The molecule has 0 aromatic carbocycles. The van der Waals surface area contributed by atoms with Crippen LogP contribution in [0.4, 0.5) is 0 Å². The fourth-order valence-corrected chi connectivity index (χ4v) is 0.836. The Morgan fingerprint density at radius 2 is 2.30 bits per heavy atom. The molecule has 0 fully saturated rings. The van der Waals surface area contributed by atoms with Crippen LogP contribution < -0.4 is 5.90 Å². The number of hydrogen-bond acceptors (Lipinski definition) is 2. The van der Waals surface area contributed by atoms with Gasteiger partial charge in [-0.25, -0.2) is 5.90 Å². The van der Waals surface area contributed by atoms with Crippen molar-refractivity contribution in [2.75, 3.05) is 6.61 Å². The van der Waals surface area contributed by atoms with Gasteiger partial charge in [0, 0.05) is 0 Å². The van der Waals surface area contributed by atoms with Crippen LogP contribution in [0.1, 0.15) is 6.42 Å². The van der Waals surface area contributed by atoms with E-state index in [1.54, 1.807) is 0 Å². The molecule has 2 heteroatoms. The molecule has 1 aliphatic rings. The molecule has 2 nitrogen and oxygen atoms in total. The average Bonchev–Trinajstić information content (AvgIpc) is 2.17. The summed E-state index contributed by atoms with van der Waals surface area (Å²) >= 11 is 0. The van der Waals surface area contributed by atoms with E-state index in [1.807, 2.05) is 24.3 Å². The first-order valence-electron chi connectivity index (χ1n) is 3.26. The molecule has 54 valence electrons. The molecule has 0 aromatic rings. The zero-order chi connectivity index (χ0) is 7.23. The Labute approximate surface area is 60.6 Å². The lowest BCUT2D eigenvalue weighted by atomic mass is 10.2. The van der Waals surface area contributed by atoms with Crippen LogP contribution in [0.5, 0.6) is 0 Å². The molecule has 0 unspecified atom stereocenters. The molecule has 10 heavy (non-hydrogen) atoms. The molecular weight excluding hydrogens is 126 g/mol. The highest BCUT2D eigenvalue weighted by Gasteiger charge is 1.93. The van der Waals surface area contributed by atoms with Crippen LogP contribution in [0, 0.1) is 0 Å². The zero-order valence-electron chi connectivity index (χ0n) is 5.79. The topological polar surface area (TPSA) is 35.2 Å². The first-order valence-corrected chi connectivity index (χ1v) is 3.26. The first-order chi connectivity index (χ1) is 4.93. The number of rotatable bonds is 2. The van der Waals surface area contributed by atoms with E-state index >= 15 is 0 Å². The second-order valence-electron chi connectivity index (χ2n) is 2.15. The highest BCUT2D eigenvalue weighted by atomic mass is 16.6. The van der Waals surface area contributed by atoms with E-state index in [9.17, 15) is 0 Å². The van der Waals surface area contributed by atoms with Crippen molar-refractivity contribution in [2.24, 2.45) is 5.90 Å². The third kappa shape index (κ3) is 2.17. The Morgan fingerprint density at radius 1 is 1.40 bits per heavy atom. The van der Waals surface area contributed by atoms with E-state index in [-0.39, 0.29) is 0 Å². The third-order valence-corrected chi connectivity index (χ3v) is 1.34. The van der Waals surface area contributed by atoms with Gasteiger partial charge in [0.1, 0.15) is 0 Å².